The lowest BCUT2D eigenvalue weighted by Crippen LogP contribution is -2.48. The first-order valence-electron chi connectivity index (χ1n) is 10.8. The fourth-order valence-electron chi connectivity index (χ4n) is 3.69. The molecule has 0 aliphatic carbocycles. The second kappa shape index (κ2) is 12.5. The van der Waals surface area contributed by atoms with Gasteiger partial charge in [0.2, 0.25) is 5.91 Å². The molecule has 1 aromatic heterocycles. The Bertz CT molecular complexity index is 969. The maximum atomic E-state index is 12.8. The highest BCUT2D eigenvalue weighted by Gasteiger charge is 2.44. The van der Waals surface area contributed by atoms with Gasteiger partial charge in [0.25, 0.3) is 0 Å². The minimum atomic E-state index is -1.82. The highest BCUT2D eigenvalue weighted by atomic mass is 16.5. The monoisotopic (exact) mass is 475 g/mol. The average Bonchev–Trinajstić information content (AvgIpc) is 3.23. The molecular weight excluding hydrogens is 446 g/mol. The van der Waals surface area contributed by atoms with E-state index in [1.54, 1.807) is 13.0 Å². The number of rotatable bonds is 7. The molecule has 1 fully saturated rings. The normalized spacial score (nSPS) is 14.9. The molecule has 34 heavy (non-hydrogen) atoms. The van der Waals surface area contributed by atoms with Crippen LogP contribution in [0.5, 0.6) is 0 Å². The number of ether oxygens (including phenoxy) is 1. The average molecular weight is 475 g/mol. The van der Waals surface area contributed by atoms with Crippen molar-refractivity contribution in [1.29, 1.82) is 0 Å². The van der Waals surface area contributed by atoms with Gasteiger partial charge < -0.3 is 29.7 Å². The Labute approximate surface area is 196 Å². The van der Waals surface area contributed by atoms with Crippen molar-refractivity contribution in [3.63, 3.8) is 0 Å². The summed E-state index contributed by atoms with van der Waals surface area (Å²) >= 11 is 0. The number of amides is 1. The Hall–Kier alpha value is -3.73. The van der Waals surface area contributed by atoms with E-state index in [4.69, 9.17) is 29.1 Å². The number of hydrogen-bond donors (Lipinski definition) is 3. The maximum Gasteiger partial charge on any atom is 0.414 e. The zero-order valence-electron chi connectivity index (χ0n) is 19.2. The molecule has 1 saturated heterocycles. The van der Waals surface area contributed by atoms with Crippen molar-refractivity contribution in [2.24, 2.45) is 0 Å². The van der Waals surface area contributed by atoms with Crippen molar-refractivity contribution in [2.45, 2.75) is 38.5 Å². The van der Waals surface area contributed by atoms with Crippen LogP contribution in [0.15, 0.2) is 40.9 Å². The van der Waals surface area contributed by atoms with Crippen LogP contribution in [0.4, 0.5) is 5.82 Å². The van der Waals surface area contributed by atoms with Gasteiger partial charge in [-0.2, -0.15) is 0 Å². The maximum absolute atomic E-state index is 12.8. The molecule has 3 rings (SSSR count). The van der Waals surface area contributed by atoms with E-state index in [1.165, 1.54) is 0 Å². The van der Waals surface area contributed by atoms with E-state index in [-0.39, 0.29) is 11.9 Å². The van der Waals surface area contributed by atoms with E-state index in [0.717, 1.165) is 18.7 Å². The molecular formula is C23H29N3O8. The zero-order valence-corrected chi connectivity index (χ0v) is 19.2. The standard InChI is InChI=1S/C21H27N3O4.C2H2O4/c1-3-27-20(26)21(17-7-5-4-6-8-17)10-13-24(14-11-21)12-9-19(25)22-18-15-16(2)28-23-18;3-1(4)2(5)6/h4-8,15H,3,9-14H2,1-2H3,(H,22,23,25);(H,3,4)(H,5,6). The van der Waals surface area contributed by atoms with Crippen molar-refractivity contribution in [1.82, 2.24) is 10.1 Å². The highest BCUT2D eigenvalue weighted by Crippen LogP contribution is 2.37. The summed E-state index contributed by atoms with van der Waals surface area (Å²) in [7, 11) is 0. The van der Waals surface area contributed by atoms with Gasteiger partial charge in [0.15, 0.2) is 5.82 Å². The Morgan fingerprint density at radius 2 is 1.74 bits per heavy atom. The van der Waals surface area contributed by atoms with Crippen LogP contribution in [-0.2, 0) is 29.3 Å². The fourth-order valence-corrected chi connectivity index (χ4v) is 3.69. The second-order valence-electron chi connectivity index (χ2n) is 7.74. The molecule has 184 valence electrons. The minimum absolute atomic E-state index is 0.0985. The lowest BCUT2D eigenvalue weighted by Gasteiger charge is -2.40. The predicted molar refractivity (Wildman–Crippen MR) is 120 cm³/mol. The molecule has 0 atom stereocenters. The third-order valence-electron chi connectivity index (χ3n) is 5.44. The molecule has 0 saturated carbocycles. The number of benzene rings is 1. The van der Waals surface area contributed by atoms with E-state index in [2.05, 4.69) is 15.4 Å². The van der Waals surface area contributed by atoms with Crippen molar-refractivity contribution < 1.29 is 38.7 Å². The molecule has 0 unspecified atom stereocenters. The molecule has 0 radical (unpaired) electrons. The molecule has 1 aliphatic rings. The van der Waals surface area contributed by atoms with Gasteiger partial charge in [-0.15, -0.1) is 0 Å². The van der Waals surface area contributed by atoms with Crippen molar-refractivity contribution in [2.75, 3.05) is 31.6 Å². The highest BCUT2D eigenvalue weighted by molar-refractivity contribution is 6.27. The number of aromatic nitrogens is 1. The molecule has 0 spiro atoms. The van der Waals surface area contributed by atoms with Gasteiger partial charge in [0.05, 0.1) is 12.0 Å². The number of anilines is 1. The third-order valence-corrected chi connectivity index (χ3v) is 5.44. The number of carbonyl (C=O) groups excluding carboxylic acids is 2. The zero-order chi connectivity index (χ0) is 25.1. The Morgan fingerprint density at radius 3 is 2.24 bits per heavy atom. The number of hydrogen-bond acceptors (Lipinski definition) is 8. The molecule has 11 nitrogen and oxygen atoms in total. The molecule has 0 bridgehead atoms. The number of carboxylic acids is 2. The first-order valence-corrected chi connectivity index (χ1v) is 10.8. The number of aliphatic carboxylic acids is 2. The predicted octanol–water partition coefficient (Wildman–Crippen LogP) is 2.06. The van der Waals surface area contributed by atoms with Crippen LogP contribution in [0.3, 0.4) is 0 Å². The second-order valence-corrected chi connectivity index (χ2v) is 7.74. The summed E-state index contributed by atoms with van der Waals surface area (Å²) in [6, 6.07) is 11.6. The Kier molecular flexibility index (Phi) is 9.75. The van der Waals surface area contributed by atoms with E-state index < -0.39 is 17.4 Å². The molecule has 2 heterocycles. The summed E-state index contributed by atoms with van der Waals surface area (Å²) in [4.78, 5) is 45.3. The minimum Gasteiger partial charge on any atom is -0.473 e. The van der Waals surface area contributed by atoms with Crippen LogP contribution < -0.4 is 5.32 Å². The van der Waals surface area contributed by atoms with E-state index >= 15 is 0 Å². The first-order chi connectivity index (χ1) is 16.2. The summed E-state index contributed by atoms with van der Waals surface area (Å²) in [6.07, 6.45) is 1.73. The number of aryl methyl sites for hydroxylation is 1. The summed E-state index contributed by atoms with van der Waals surface area (Å²) in [6.45, 7) is 6.10. The van der Waals surface area contributed by atoms with E-state index in [1.807, 2.05) is 37.3 Å². The Morgan fingerprint density at radius 1 is 1.12 bits per heavy atom. The quantitative estimate of drug-likeness (QED) is 0.399. The fraction of sp³-hybridized carbons (Fsp3) is 0.435. The number of piperidine rings is 1. The van der Waals surface area contributed by atoms with Crippen molar-refractivity contribution in [3.05, 3.63) is 47.7 Å². The summed E-state index contributed by atoms with van der Waals surface area (Å²) in [5, 5.41) is 21.3. The van der Waals surface area contributed by atoms with Crippen LogP contribution in [-0.4, -0.2) is 70.3 Å². The third kappa shape index (κ3) is 7.41. The number of nitrogens with zero attached hydrogens (tertiary/aromatic N) is 2. The molecule has 1 aliphatic heterocycles. The first kappa shape index (κ1) is 26.5. The van der Waals surface area contributed by atoms with Gasteiger partial charge in [0, 0.05) is 19.0 Å². The SMILES string of the molecule is CCOC(=O)C1(c2ccccc2)CCN(CCC(=O)Nc2cc(C)on2)CC1.O=C(O)C(=O)O. The molecule has 3 N–H and O–H groups in total. The van der Waals surface area contributed by atoms with Crippen LogP contribution >= 0.6 is 0 Å². The number of carboxylic acid groups (broad SMARTS) is 2. The number of likely N-dealkylation sites (tertiary alicyclic amines) is 1. The largest absolute Gasteiger partial charge is 0.473 e. The van der Waals surface area contributed by atoms with Gasteiger partial charge in [-0.3, -0.25) is 9.59 Å². The van der Waals surface area contributed by atoms with Gasteiger partial charge >= 0.3 is 17.9 Å². The molecule has 2 aromatic rings. The smallest absolute Gasteiger partial charge is 0.414 e. The van der Waals surface area contributed by atoms with Crippen LogP contribution in [0.1, 0.15) is 37.5 Å². The van der Waals surface area contributed by atoms with Crippen LogP contribution in [0, 0.1) is 6.92 Å². The van der Waals surface area contributed by atoms with Crippen molar-refractivity contribution >= 4 is 29.6 Å². The Balaban J connectivity index is 0.000000604. The number of carbonyl (C=O) groups is 4. The molecule has 1 amide bonds. The van der Waals surface area contributed by atoms with Gasteiger partial charge in [0.1, 0.15) is 5.76 Å². The van der Waals surface area contributed by atoms with Crippen LogP contribution in [0.2, 0.25) is 0 Å². The van der Waals surface area contributed by atoms with Crippen molar-refractivity contribution in [3.8, 4) is 0 Å². The summed E-state index contributed by atoms with van der Waals surface area (Å²) in [5.41, 5.74) is 0.404. The summed E-state index contributed by atoms with van der Waals surface area (Å²) < 4.78 is 10.4. The number of nitrogens with one attached hydrogen (secondary N) is 1. The van der Waals surface area contributed by atoms with E-state index in [0.29, 0.717) is 44.0 Å². The molecule has 1 aromatic carbocycles. The van der Waals surface area contributed by atoms with Gasteiger partial charge in [-0.05, 0) is 45.3 Å². The van der Waals surface area contributed by atoms with Gasteiger partial charge in [-0.1, -0.05) is 35.5 Å². The lowest BCUT2D eigenvalue weighted by atomic mass is 9.72. The topological polar surface area (TPSA) is 159 Å². The van der Waals surface area contributed by atoms with E-state index in [9.17, 15) is 9.59 Å². The molecule has 11 heteroatoms. The van der Waals surface area contributed by atoms with Gasteiger partial charge in [-0.25, -0.2) is 9.59 Å². The number of esters is 1. The van der Waals surface area contributed by atoms with Crippen LogP contribution in [0.25, 0.3) is 0 Å². The lowest BCUT2D eigenvalue weighted by molar-refractivity contribution is -0.159. The summed E-state index contributed by atoms with van der Waals surface area (Å²) in [5.74, 6) is -2.81.